The molecular weight excluding hydrogens is 569 g/mol. The normalized spacial score (nSPS) is 15.1. The number of rotatable bonds is 9. The van der Waals surface area contributed by atoms with Crippen molar-refractivity contribution < 1.29 is 33.0 Å². The van der Waals surface area contributed by atoms with Gasteiger partial charge in [0, 0.05) is 29.9 Å². The zero-order chi connectivity index (χ0) is 31.5. The maximum Gasteiger partial charge on any atom is 0.345 e. The topological polar surface area (TPSA) is 122 Å². The van der Waals surface area contributed by atoms with Gasteiger partial charge in [-0.2, -0.15) is 0 Å². The van der Waals surface area contributed by atoms with Crippen molar-refractivity contribution in [1.82, 2.24) is 15.4 Å². The molecule has 4 aromatic rings. The van der Waals surface area contributed by atoms with Crippen molar-refractivity contribution in [2.24, 2.45) is 0 Å². The number of aromatic nitrogens is 1. The Balaban J connectivity index is 1.41. The average Bonchev–Trinajstić information content (AvgIpc) is 3.02. The molecule has 1 aromatic heterocycles. The Morgan fingerprint density at radius 3 is 2.34 bits per heavy atom. The number of nitrogens with zero attached hydrogens (tertiary/aromatic N) is 3. The third-order valence-corrected chi connectivity index (χ3v) is 7.16. The Morgan fingerprint density at radius 1 is 0.977 bits per heavy atom. The minimum Gasteiger partial charge on any atom is -0.493 e. The molecule has 0 spiro atoms. The first-order valence-corrected chi connectivity index (χ1v) is 14.0. The van der Waals surface area contributed by atoms with E-state index in [1.54, 1.807) is 63.7 Å². The van der Waals surface area contributed by atoms with Gasteiger partial charge in [-0.05, 0) is 73.0 Å². The van der Waals surface area contributed by atoms with Crippen LogP contribution in [0.5, 0.6) is 23.0 Å². The monoisotopic (exact) mass is 601 g/mol. The second kappa shape index (κ2) is 12.6. The summed E-state index contributed by atoms with van der Waals surface area (Å²) < 4.78 is 30.7. The Kier molecular flexibility index (Phi) is 8.63. The van der Waals surface area contributed by atoms with Crippen molar-refractivity contribution in [2.75, 3.05) is 31.0 Å². The predicted molar refractivity (Wildman–Crippen MR) is 163 cm³/mol. The summed E-state index contributed by atoms with van der Waals surface area (Å²) >= 11 is 0. The van der Waals surface area contributed by atoms with Crippen LogP contribution in [0.1, 0.15) is 32.3 Å². The summed E-state index contributed by atoms with van der Waals surface area (Å²) in [6.45, 7) is 5.86. The number of imide groups is 1. The van der Waals surface area contributed by atoms with Crippen molar-refractivity contribution in [3.05, 3.63) is 78.2 Å². The Morgan fingerprint density at radius 2 is 1.68 bits per heavy atom. The molecule has 0 aliphatic carbocycles. The molecule has 3 aromatic carbocycles. The molecule has 5 rings (SSSR count). The van der Waals surface area contributed by atoms with Crippen molar-refractivity contribution in [2.45, 2.75) is 32.7 Å². The molecule has 4 amide bonds. The van der Waals surface area contributed by atoms with E-state index >= 15 is 0 Å². The zero-order valence-corrected chi connectivity index (χ0v) is 24.9. The van der Waals surface area contributed by atoms with Gasteiger partial charge in [-0.3, -0.25) is 19.6 Å². The van der Waals surface area contributed by atoms with Gasteiger partial charge < -0.3 is 19.5 Å². The number of anilines is 2. The van der Waals surface area contributed by atoms with Gasteiger partial charge in [0.25, 0.3) is 11.8 Å². The molecule has 1 fully saturated rings. The van der Waals surface area contributed by atoms with Crippen LogP contribution in [0.15, 0.2) is 66.9 Å². The van der Waals surface area contributed by atoms with Crippen LogP contribution in [0.2, 0.25) is 0 Å². The fourth-order valence-corrected chi connectivity index (χ4v) is 4.88. The summed E-state index contributed by atoms with van der Waals surface area (Å²) in [6, 6.07) is 13.3. The molecule has 1 atom stereocenters. The molecule has 12 heteroatoms. The van der Waals surface area contributed by atoms with Crippen molar-refractivity contribution >= 4 is 40.1 Å². The number of ether oxygens (including phenoxy) is 3. The highest BCUT2D eigenvalue weighted by molar-refractivity contribution is 6.25. The van der Waals surface area contributed by atoms with Crippen LogP contribution < -0.4 is 29.9 Å². The lowest BCUT2D eigenvalue weighted by Gasteiger charge is -2.37. The lowest BCUT2D eigenvalue weighted by Crippen LogP contribution is -2.68. The highest BCUT2D eigenvalue weighted by Crippen LogP contribution is 2.39. The molecule has 1 unspecified atom stereocenters. The summed E-state index contributed by atoms with van der Waals surface area (Å²) in [6.07, 6.45) is 1.64. The Hall–Kier alpha value is -5.23. The second-order valence-electron chi connectivity index (χ2n) is 10.3. The van der Waals surface area contributed by atoms with E-state index in [1.807, 2.05) is 13.8 Å². The van der Waals surface area contributed by atoms with Gasteiger partial charge >= 0.3 is 6.03 Å². The summed E-state index contributed by atoms with van der Waals surface area (Å²) in [4.78, 5) is 45.0. The number of nitrogens with one attached hydrogen (secondary N) is 2. The number of hydrazine groups is 1. The number of hydrogen-bond donors (Lipinski definition) is 2. The van der Waals surface area contributed by atoms with Gasteiger partial charge in [0.15, 0.2) is 17.5 Å². The number of halogens is 1. The standard InChI is InChI=1S/C32H32FN5O6/c1-6-37-32(41)38(21-10-7-19(33)8-11-21)31(40)29(36-37)30(39)35-20-9-12-25(22(15-20)18(2)3)44-26-13-14-34-24-17-28(43-5)27(42-4)16-23(24)26/h7-18,29,36H,6H2,1-5H3,(H,35,39). The lowest BCUT2D eigenvalue weighted by atomic mass is 10.0. The molecule has 228 valence electrons. The van der Waals surface area contributed by atoms with E-state index in [9.17, 15) is 18.8 Å². The fraction of sp³-hybridized carbons (Fsp3) is 0.250. The number of fused-ring (bicyclic) bond motifs is 1. The molecule has 1 aliphatic heterocycles. The Bertz CT molecular complexity index is 1730. The van der Waals surface area contributed by atoms with Gasteiger partial charge in [0.2, 0.25) is 0 Å². The third kappa shape index (κ3) is 5.84. The maximum absolute atomic E-state index is 13.5. The van der Waals surface area contributed by atoms with E-state index in [0.717, 1.165) is 33.0 Å². The number of pyridine rings is 1. The van der Waals surface area contributed by atoms with Crippen molar-refractivity contribution in [3.8, 4) is 23.0 Å². The maximum atomic E-state index is 13.5. The molecule has 0 bridgehead atoms. The van der Waals surface area contributed by atoms with Crippen LogP contribution in [0.25, 0.3) is 10.9 Å². The quantitative estimate of drug-likeness (QED) is 0.238. The molecule has 0 radical (unpaired) electrons. The second-order valence-corrected chi connectivity index (χ2v) is 10.3. The van der Waals surface area contributed by atoms with Gasteiger partial charge in [-0.15, -0.1) is 0 Å². The SMILES string of the molecule is CCN1NC(C(=O)Nc2ccc(Oc3ccnc4cc(OC)c(OC)cc34)c(C(C)C)c2)C(=O)N(c2ccc(F)cc2)C1=O. The number of carbonyl (C=O) groups excluding carboxylic acids is 3. The first-order chi connectivity index (χ1) is 21.1. The van der Waals surface area contributed by atoms with E-state index in [4.69, 9.17) is 14.2 Å². The van der Waals surface area contributed by atoms with E-state index < -0.39 is 29.7 Å². The summed E-state index contributed by atoms with van der Waals surface area (Å²) in [5.41, 5.74) is 4.75. The first-order valence-electron chi connectivity index (χ1n) is 14.0. The van der Waals surface area contributed by atoms with E-state index in [-0.39, 0.29) is 18.2 Å². The molecule has 2 N–H and O–H groups in total. The van der Waals surface area contributed by atoms with Crippen molar-refractivity contribution in [1.29, 1.82) is 0 Å². The van der Waals surface area contributed by atoms with E-state index in [1.165, 1.54) is 12.1 Å². The van der Waals surface area contributed by atoms with Crippen LogP contribution in [0.3, 0.4) is 0 Å². The minimum atomic E-state index is -1.41. The molecule has 11 nitrogen and oxygen atoms in total. The summed E-state index contributed by atoms with van der Waals surface area (Å²) in [5, 5.41) is 4.67. The van der Waals surface area contributed by atoms with Crippen LogP contribution in [0, 0.1) is 5.82 Å². The van der Waals surface area contributed by atoms with Crippen LogP contribution in [-0.4, -0.2) is 54.6 Å². The first kappa shape index (κ1) is 30.2. The highest BCUT2D eigenvalue weighted by Gasteiger charge is 2.43. The number of benzene rings is 3. The number of methoxy groups -OCH3 is 2. The molecule has 2 heterocycles. The molecular formula is C32H32FN5O6. The largest absolute Gasteiger partial charge is 0.493 e. The van der Waals surface area contributed by atoms with Crippen molar-refractivity contribution in [3.63, 3.8) is 0 Å². The number of carbonyl (C=O) groups is 3. The van der Waals surface area contributed by atoms with Crippen LogP contribution in [0.4, 0.5) is 20.6 Å². The zero-order valence-electron chi connectivity index (χ0n) is 24.9. The summed E-state index contributed by atoms with van der Waals surface area (Å²) in [5.74, 6) is 0.228. The number of urea groups is 1. The molecule has 0 saturated carbocycles. The number of amides is 4. The van der Waals surface area contributed by atoms with Gasteiger partial charge in [-0.25, -0.2) is 19.5 Å². The van der Waals surface area contributed by atoms with E-state index in [2.05, 4.69) is 15.7 Å². The molecule has 1 aliphatic rings. The third-order valence-electron chi connectivity index (χ3n) is 7.16. The predicted octanol–water partition coefficient (Wildman–Crippen LogP) is 5.61. The highest BCUT2D eigenvalue weighted by atomic mass is 19.1. The Labute approximate surface area is 253 Å². The minimum absolute atomic E-state index is 0.00110. The summed E-state index contributed by atoms with van der Waals surface area (Å²) in [7, 11) is 3.11. The van der Waals surface area contributed by atoms with Gasteiger partial charge in [0.1, 0.15) is 17.3 Å². The van der Waals surface area contributed by atoms with Crippen LogP contribution in [-0.2, 0) is 9.59 Å². The molecule has 44 heavy (non-hydrogen) atoms. The smallest absolute Gasteiger partial charge is 0.345 e. The lowest BCUT2D eigenvalue weighted by molar-refractivity contribution is -0.130. The number of hydrogen-bond acceptors (Lipinski definition) is 8. The molecule has 1 saturated heterocycles. The van der Waals surface area contributed by atoms with Gasteiger partial charge in [0.05, 0.1) is 25.4 Å². The average molecular weight is 602 g/mol. The van der Waals surface area contributed by atoms with Gasteiger partial charge in [-0.1, -0.05) is 13.8 Å². The van der Waals surface area contributed by atoms with Crippen LogP contribution >= 0.6 is 0 Å². The fourth-order valence-electron chi connectivity index (χ4n) is 4.88. The van der Waals surface area contributed by atoms with E-state index in [0.29, 0.717) is 34.2 Å².